The highest BCUT2D eigenvalue weighted by Crippen LogP contribution is 2.49. The van der Waals surface area contributed by atoms with E-state index < -0.39 is 0 Å². The first kappa shape index (κ1) is 21.6. The molecule has 7 nitrogen and oxygen atoms in total. The Morgan fingerprint density at radius 2 is 2.06 bits per heavy atom. The fourth-order valence-corrected chi connectivity index (χ4v) is 4.56. The van der Waals surface area contributed by atoms with Crippen LogP contribution in [0.2, 0.25) is 5.15 Å². The summed E-state index contributed by atoms with van der Waals surface area (Å²) in [6.45, 7) is 1.16. The molecule has 1 aromatic heterocycles. The number of amides is 1. The molecule has 5 rings (SSSR count). The Morgan fingerprint density at radius 1 is 1.24 bits per heavy atom. The van der Waals surface area contributed by atoms with Crippen LogP contribution in [-0.4, -0.2) is 43.3 Å². The molecule has 8 heteroatoms. The monoisotopic (exact) mass is 465 g/mol. The van der Waals surface area contributed by atoms with E-state index in [4.69, 9.17) is 25.8 Å². The van der Waals surface area contributed by atoms with Crippen molar-refractivity contribution in [3.63, 3.8) is 0 Å². The summed E-state index contributed by atoms with van der Waals surface area (Å²) in [5.74, 6) is 1.97. The molecule has 1 amide bonds. The zero-order chi connectivity index (χ0) is 22.9. The fourth-order valence-electron chi connectivity index (χ4n) is 4.44. The second-order valence-electron chi connectivity index (χ2n) is 8.19. The van der Waals surface area contributed by atoms with Crippen LogP contribution in [-0.2, 0) is 12.8 Å². The van der Waals surface area contributed by atoms with Crippen molar-refractivity contribution in [2.24, 2.45) is 0 Å². The van der Waals surface area contributed by atoms with Gasteiger partial charge in [-0.05, 0) is 61.3 Å². The number of aromatic nitrogens is 1. The first-order valence-electron chi connectivity index (χ1n) is 10.7. The summed E-state index contributed by atoms with van der Waals surface area (Å²) in [6, 6.07) is 13.4. The third-order valence-corrected chi connectivity index (χ3v) is 6.40. The number of rotatable bonds is 5. The lowest BCUT2D eigenvalue weighted by atomic mass is 9.87. The van der Waals surface area contributed by atoms with Crippen LogP contribution in [0.1, 0.15) is 33.1 Å². The van der Waals surface area contributed by atoms with Gasteiger partial charge in [0.25, 0.3) is 5.91 Å². The van der Waals surface area contributed by atoms with E-state index in [1.807, 2.05) is 24.3 Å². The van der Waals surface area contributed by atoms with E-state index in [2.05, 4.69) is 28.3 Å². The van der Waals surface area contributed by atoms with E-state index in [1.54, 1.807) is 19.2 Å². The Balaban J connectivity index is 1.36. The van der Waals surface area contributed by atoms with Crippen molar-refractivity contribution in [2.45, 2.75) is 18.9 Å². The predicted octanol–water partition coefficient (Wildman–Crippen LogP) is 4.50. The minimum absolute atomic E-state index is 0.138. The lowest BCUT2D eigenvalue weighted by Crippen LogP contribution is -2.33. The van der Waals surface area contributed by atoms with Crippen LogP contribution in [0.4, 0.5) is 5.69 Å². The number of nitrogens with one attached hydrogen (secondary N) is 1. The van der Waals surface area contributed by atoms with Gasteiger partial charge in [0.1, 0.15) is 5.15 Å². The van der Waals surface area contributed by atoms with Gasteiger partial charge in [0.05, 0.1) is 12.7 Å². The minimum atomic E-state index is -0.228. The Kier molecular flexibility index (Phi) is 5.83. The van der Waals surface area contributed by atoms with Gasteiger partial charge in [0, 0.05) is 30.0 Å². The van der Waals surface area contributed by atoms with Gasteiger partial charge in [-0.3, -0.25) is 9.69 Å². The van der Waals surface area contributed by atoms with Crippen molar-refractivity contribution in [2.75, 3.05) is 32.8 Å². The van der Waals surface area contributed by atoms with Crippen molar-refractivity contribution in [3.8, 4) is 17.2 Å². The maximum Gasteiger partial charge on any atom is 0.257 e. The maximum absolute atomic E-state index is 12.4. The number of nitrogens with zero attached hydrogens (tertiary/aromatic N) is 2. The van der Waals surface area contributed by atoms with Gasteiger partial charge in [0.15, 0.2) is 11.5 Å². The van der Waals surface area contributed by atoms with Gasteiger partial charge in [-0.25, -0.2) is 4.98 Å². The normalized spacial score (nSPS) is 16.9. The number of likely N-dealkylation sites (N-methyl/N-ethyl adjacent to an activating group) is 1. The molecule has 0 saturated heterocycles. The molecule has 0 aliphatic carbocycles. The van der Waals surface area contributed by atoms with Crippen molar-refractivity contribution in [1.82, 2.24) is 9.88 Å². The van der Waals surface area contributed by atoms with E-state index in [0.29, 0.717) is 16.5 Å². The second kappa shape index (κ2) is 8.92. The fraction of sp³-hybridized carbons (Fsp3) is 0.280. The van der Waals surface area contributed by atoms with Crippen molar-refractivity contribution >= 4 is 23.2 Å². The largest absolute Gasteiger partial charge is 0.492 e. The number of hydrogen-bond donors (Lipinski definition) is 1. The van der Waals surface area contributed by atoms with Gasteiger partial charge in [-0.15, -0.1) is 0 Å². The number of carbonyl (C=O) groups is 1. The topological polar surface area (TPSA) is 72.9 Å². The molecular weight excluding hydrogens is 442 g/mol. The molecule has 2 aliphatic rings. The molecule has 1 N–H and O–H groups in total. The average Bonchev–Trinajstić information content (AvgIpc) is 3.29. The SMILES string of the molecule is COc1c2c(cc3c1C(Cc1ccc(NC(=O)c4ccc(Cl)nc4)cc1)N(C)CC3)OCO2. The van der Waals surface area contributed by atoms with Crippen LogP contribution in [0.15, 0.2) is 48.7 Å². The summed E-state index contributed by atoms with van der Waals surface area (Å²) < 4.78 is 17.1. The van der Waals surface area contributed by atoms with Crippen molar-refractivity contribution in [3.05, 3.63) is 76.1 Å². The van der Waals surface area contributed by atoms with Crippen molar-refractivity contribution in [1.29, 1.82) is 0 Å². The summed E-state index contributed by atoms with van der Waals surface area (Å²) in [5, 5.41) is 3.25. The molecule has 1 atom stereocenters. The maximum atomic E-state index is 12.4. The molecule has 0 radical (unpaired) electrons. The molecule has 3 heterocycles. The molecule has 3 aromatic rings. The summed E-state index contributed by atoms with van der Waals surface area (Å²) in [5.41, 5.74) is 4.72. The molecule has 2 aliphatic heterocycles. The smallest absolute Gasteiger partial charge is 0.257 e. The molecule has 33 heavy (non-hydrogen) atoms. The van der Waals surface area contributed by atoms with Crippen LogP contribution < -0.4 is 19.5 Å². The quantitative estimate of drug-likeness (QED) is 0.559. The average molecular weight is 466 g/mol. The van der Waals surface area contributed by atoms with Crippen LogP contribution in [0.25, 0.3) is 0 Å². The predicted molar refractivity (Wildman–Crippen MR) is 126 cm³/mol. The summed E-state index contributed by atoms with van der Waals surface area (Å²) >= 11 is 5.80. The summed E-state index contributed by atoms with van der Waals surface area (Å²) in [4.78, 5) is 18.7. The molecule has 1 unspecified atom stereocenters. The van der Waals surface area contributed by atoms with Crippen LogP contribution >= 0.6 is 11.6 Å². The molecule has 0 spiro atoms. The van der Waals surface area contributed by atoms with E-state index in [0.717, 1.165) is 47.7 Å². The lowest BCUT2D eigenvalue weighted by molar-refractivity contribution is 0.102. The number of pyridine rings is 1. The number of halogens is 1. The van der Waals surface area contributed by atoms with E-state index >= 15 is 0 Å². The van der Waals surface area contributed by atoms with E-state index in [1.165, 1.54) is 11.8 Å². The van der Waals surface area contributed by atoms with Crippen molar-refractivity contribution < 1.29 is 19.0 Å². The highest BCUT2D eigenvalue weighted by atomic mass is 35.5. The summed E-state index contributed by atoms with van der Waals surface area (Å²) in [6.07, 6.45) is 3.19. The standard InChI is InChI=1S/C25H24ClN3O4/c1-29-10-9-16-12-20-23(33-14-32-20)24(31-2)22(16)19(29)11-15-3-6-18(7-4-15)28-25(30)17-5-8-21(26)27-13-17/h3-8,12-13,19H,9-11,14H2,1-2H3,(H,28,30). The van der Waals surface area contributed by atoms with Gasteiger partial charge in [0.2, 0.25) is 12.5 Å². The Morgan fingerprint density at radius 3 is 2.79 bits per heavy atom. The number of methoxy groups -OCH3 is 1. The molecule has 0 bridgehead atoms. The summed E-state index contributed by atoms with van der Waals surface area (Å²) in [7, 11) is 3.81. The van der Waals surface area contributed by atoms with E-state index in [9.17, 15) is 4.79 Å². The molecule has 0 fully saturated rings. The minimum Gasteiger partial charge on any atom is -0.492 e. The number of fused-ring (bicyclic) bond motifs is 2. The van der Waals surface area contributed by atoms with Crippen LogP contribution in [0.3, 0.4) is 0 Å². The highest BCUT2D eigenvalue weighted by molar-refractivity contribution is 6.29. The number of anilines is 1. The zero-order valence-corrected chi connectivity index (χ0v) is 19.2. The van der Waals surface area contributed by atoms with E-state index in [-0.39, 0.29) is 18.7 Å². The van der Waals surface area contributed by atoms with Gasteiger partial charge in [-0.1, -0.05) is 23.7 Å². The lowest BCUT2D eigenvalue weighted by Gasteiger charge is -2.36. The zero-order valence-electron chi connectivity index (χ0n) is 18.4. The van der Waals surface area contributed by atoms with Gasteiger partial charge in [-0.2, -0.15) is 0 Å². The van der Waals surface area contributed by atoms with Crippen LogP contribution in [0.5, 0.6) is 17.2 Å². The number of hydrogen-bond acceptors (Lipinski definition) is 6. The third-order valence-electron chi connectivity index (χ3n) is 6.18. The number of carbonyl (C=O) groups excluding carboxylic acids is 1. The number of benzene rings is 2. The molecule has 0 saturated carbocycles. The molecule has 170 valence electrons. The Labute approximate surface area is 197 Å². The molecular formula is C25H24ClN3O4. The third kappa shape index (κ3) is 4.21. The first-order valence-corrected chi connectivity index (χ1v) is 11.1. The van der Waals surface area contributed by atoms with Gasteiger partial charge >= 0.3 is 0 Å². The van der Waals surface area contributed by atoms with Gasteiger partial charge < -0.3 is 19.5 Å². The Bertz CT molecular complexity index is 1180. The highest BCUT2D eigenvalue weighted by Gasteiger charge is 2.33. The first-order chi connectivity index (χ1) is 16.0. The second-order valence-corrected chi connectivity index (χ2v) is 8.57. The Hall–Kier alpha value is -3.29. The van der Waals surface area contributed by atoms with Crippen LogP contribution in [0, 0.1) is 0 Å². The molecule has 2 aromatic carbocycles. The number of ether oxygens (including phenoxy) is 3.